The summed E-state index contributed by atoms with van der Waals surface area (Å²) in [5, 5.41) is 6.13. The topological polar surface area (TPSA) is 71.8 Å². The van der Waals surface area contributed by atoms with Crippen LogP contribution in [0.4, 0.5) is 5.82 Å². The summed E-state index contributed by atoms with van der Waals surface area (Å²) in [4.78, 5) is 20.9. The van der Waals surface area contributed by atoms with Crippen LogP contribution in [0, 0.1) is 10.5 Å². The molecule has 1 aromatic carbocycles. The number of aromatic nitrogens is 3. The summed E-state index contributed by atoms with van der Waals surface area (Å²) in [6.07, 6.45) is 3.88. The van der Waals surface area contributed by atoms with Gasteiger partial charge in [-0.15, -0.1) is 0 Å². The maximum absolute atomic E-state index is 12.1. The molecule has 128 valence electrons. The van der Waals surface area contributed by atoms with Crippen molar-refractivity contribution in [2.24, 2.45) is 0 Å². The molecule has 3 aromatic rings. The van der Waals surface area contributed by atoms with Crippen LogP contribution in [-0.2, 0) is 0 Å². The van der Waals surface area contributed by atoms with E-state index in [2.05, 4.69) is 43.2 Å². The average molecular weight is 447 g/mol. The normalized spacial score (nSPS) is 10.5. The van der Waals surface area contributed by atoms with Gasteiger partial charge in [-0.2, -0.15) is 0 Å². The molecule has 0 aliphatic rings. The lowest BCUT2D eigenvalue weighted by molar-refractivity contribution is 0.0955. The van der Waals surface area contributed by atoms with Gasteiger partial charge in [-0.3, -0.25) is 4.79 Å². The fourth-order valence-corrected chi connectivity index (χ4v) is 2.90. The van der Waals surface area contributed by atoms with Crippen LogP contribution in [0.2, 0.25) is 0 Å². The second kappa shape index (κ2) is 8.11. The second-order valence-corrected chi connectivity index (χ2v) is 6.69. The highest BCUT2D eigenvalue weighted by Gasteiger charge is 2.06. The first-order chi connectivity index (χ1) is 12.1. The third-order valence-corrected chi connectivity index (χ3v) is 4.17. The van der Waals surface area contributed by atoms with Gasteiger partial charge >= 0.3 is 0 Å². The Bertz CT molecular complexity index is 864. The molecular formula is C18H18IN5O. The van der Waals surface area contributed by atoms with E-state index < -0.39 is 0 Å². The smallest absolute Gasteiger partial charge is 0.251 e. The monoisotopic (exact) mass is 447 g/mol. The van der Waals surface area contributed by atoms with Crippen LogP contribution < -0.4 is 10.6 Å². The molecule has 1 amide bonds. The fraction of sp³-hybridized carbons (Fsp3) is 0.167. The van der Waals surface area contributed by atoms with Crippen molar-refractivity contribution in [3.63, 3.8) is 0 Å². The van der Waals surface area contributed by atoms with Crippen LogP contribution in [0.1, 0.15) is 16.2 Å². The predicted octanol–water partition coefficient (Wildman–Crippen LogP) is 3.02. The zero-order valence-electron chi connectivity index (χ0n) is 13.7. The van der Waals surface area contributed by atoms with Crippen molar-refractivity contribution >= 4 is 34.3 Å². The standard InChI is InChI=1S/C18H18IN5O/c1-13-22-16(12-17(23-13)24-9-2-3-10-24)20-7-8-21-18(25)14-5-4-6-15(19)11-14/h2-6,9-12H,7-8H2,1H3,(H,21,25)(H,20,22,23). The number of rotatable bonds is 6. The van der Waals surface area contributed by atoms with Crippen molar-refractivity contribution in [1.82, 2.24) is 19.9 Å². The molecule has 0 saturated carbocycles. The van der Waals surface area contributed by atoms with Crippen molar-refractivity contribution < 1.29 is 4.79 Å². The molecule has 2 aromatic heterocycles. The van der Waals surface area contributed by atoms with Crippen molar-refractivity contribution in [3.05, 3.63) is 69.8 Å². The second-order valence-electron chi connectivity index (χ2n) is 5.44. The van der Waals surface area contributed by atoms with Gasteiger partial charge in [-0.1, -0.05) is 6.07 Å². The third-order valence-electron chi connectivity index (χ3n) is 3.50. The van der Waals surface area contributed by atoms with Gasteiger partial charge in [0.25, 0.3) is 5.91 Å². The number of nitrogens with zero attached hydrogens (tertiary/aromatic N) is 3. The first kappa shape index (κ1) is 17.4. The zero-order chi connectivity index (χ0) is 17.6. The molecule has 0 radical (unpaired) electrons. The van der Waals surface area contributed by atoms with E-state index in [0.29, 0.717) is 24.5 Å². The van der Waals surface area contributed by atoms with E-state index in [4.69, 9.17) is 0 Å². The molecule has 25 heavy (non-hydrogen) atoms. The molecule has 6 nitrogen and oxygen atoms in total. The number of carbonyl (C=O) groups is 1. The van der Waals surface area contributed by atoms with E-state index >= 15 is 0 Å². The summed E-state index contributed by atoms with van der Waals surface area (Å²) >= 11 is 2.19. The van der Waals surface area contributed by atoms with E-state index in [1.807, 2.05) is 66.3 Å². The molecule has 2 heterocycles. The lowest BCUT2D eigenvalue weighted by atomic mass is 10.2. The third kappa shape index (κ3) is 4.79. The predicted molar refractivity (Wildman–Crippen MR) is 106 cm³/mol. The number of halogens is 1. The lowest BCUT2D eigenvalue weighted by Gasteiger charge is -2.10. The number of anilines is 1. The van der Waals surface area contributed by atoms with Gasteiger partial charge in [0.1, 0.15) is 17.5 Å². The fourth-order valence-electron chi connectivity index (χ4n) is 2.36. The Morgan fingerprint density at radius 2 is 1.92 bits per heavy atom. The van der Waals surface area contributed by atoms with E-state index in [1.165, 1.54) is 0 Å². The molecule has 0 spiro atoms. The van der Waals surface area contributed by atoms with Gasteiger partial charge in [0.2, 0.25) is 0 Å². The van der Waals surface area contributed by atoms with E-state index in [9.17, 15) is 4.79 Å². The summed E-state index contributed by atoms with van der Waals surface area (Å²) in [6, 6.07) is 13.3. The van der Waals surface area contributed by atoms with Gasteiger partial charge in [0.15, 0.2) is 0 Å². The number of hydrogen-bond acceptors (Lipinski definition) is 4. The van der Waals surface area contributed by atoms with Gasteiger partial charge in [-0.05, 0) is 59.8 Å². The molecule has 0 saturated heterocycles. The van der Waals surface area contributed by atoms with Gasteiger partial charge in [0, 0.05) is 40.7 Å². The van der Waals surface area contributed by atoms with Crippen LogP contribution in [0.15, 0.2) is 54.9 Å². The Labute approximate surface area is 159 Å². The molecule has 0 unspecified atom stereocenters. The number of benzene rings is 1. The van der Waals surface area contributed by atoms with Crippen LogP contribution in [0.5, 0.6) is 0 Å². The number of amides is 1. The maximum atomic E-state index is 12.1. The Morgan fingerprint density at radius 1 is 1.12 bits per heavy atom. The van der Waals surface area contributed by atoms with Crippen molar-refractivity contribution in [3.8, 4) is 5.82 Å². The molecule has 0 aliphatic carbocycles. The molecule has 0 aliphatic heterocycles. The zero-order valence-corrected chi connectivity index (χ0v) is 15.9. The van der Waals surface area contributed by atoms with E-state index in [1.54, 1.807) is 0 Å². The molecule has 0 fully saturated rings. The number of aryl methyl sites for hydroxylation is 1. The summed E-state index contributed by atoms with van der Waals surface area (Å²) in [7, 11) is 0. The van der Waals surface area contributed by atoms with Crippen LogP contribution >= 0.6 is 22.6 Å². The Balaban J connectivity index is 1.55. The van der Waals surface area contributed by atoms with Crippen LogP contribution in [-0.4, -0.2) is 33.5 Å². The number of carbonyl (C=O) groups excluding carboxylic acids is 1. The van der Waals surface area contributed by atoms with Crippen molar-refractivity contribution in [1.29, 1.82) is 0 Å². The molecule has 7 heteroatoms. The van der Waals surface area contributed by atoms with Gasteiger partial charge in [-0.25, -0.2) is 9.97 Å². The van der Waals surface area contributed by atoms with Crippen molar-refractivity contribution in [2.45, 2.75) is 6.92 Å². The highest BCUT2D eigenvalue weighted by Crippen LogP contribution is 2.11. The lowest BCUT2D eigenvalue weighted by Crippen LogP contribution is -2.29. The van der Waals surface area contributed by atoms with Crippen LogP contribution in [0.25, 0.3) is 5.82 Å². The number of nitrogens with one attached hydrogen (secondary N) is 2. The molecular weight excluding hydrogens is 429 g/mol. The quantitative estimate of drug-likeness (QED) is 0.450. The highest BCUT2D eigenvalue weighted by atomic mass is 127. The van der Waals surface area contributed by atoms with Gasteiger partial charge in [0.05, 0.1) is 0 Å². The summed E-state index contributed by atoms with van der Waals surface area (Å²) < 4.78 is 2.97. The largest absolute Gasteiger partial charge is 0.368 e. The molecule has 0 atom stereocenters. The first-order valence-electron chi connectivity index (χ1n) is 7.88. The summed E-state index contributed by atoms with van der Waals surface area (Å²) in [5.41, 5.74) is 0.666. The average Bonchev–Trinajstić information content (AvgIpc) is 3.13. The van der Waals surface area contributed by atoms with Crippen LogP contribution in [0.3, 0.4) is 0 Å². The minimum atomic E-state index is -0.0767. The Hall–Kier alpha value is -2.42. The minimum absolute atomic E-state index is 0.0767. The van der Waals surface area contributed by atoms with Gasteiger partial charge < -0.3 is 15.2 Å². The Kier molecular flexibility index (Phi) is 5.64. The Morgan fingerprint density at radius 3 is 2.68 bits per heavy atom. The highest BCUT2D eigenvalue weighted by molar-refractivity contribution is 14.1. The summed E-state index contributed by atoms with van der Waals surface area (Å²) in [5.74, 6) is 2.16. The van der Waals surface area contributed by atoms with Crippen molar-refractivity contribution in [2.75, 3.05) is 18.4 Å². The van der Waals surface area contributed by atoms with E-state index in [0.717, 1.165) is 15.2 Å². The summed E-state index contributed by atoms with van der Waals surface area (Å²) in [6.45, 7) is 2.94. The van der Waals surface area contributed by atoms with E-state index in [-0.39, 0.29) is 5.91 Å². The molecule has 3 rings (SSSR count). The number of hydrogen-bond donors (Lipinski definition) is 2. The molecule has 0 bridgehead atoms. The first-order valence-corrected chi connectivity index (χ1v) is 8.96. The maximum Gasteiger partial charge on any atom is 0.251 e. The minimum Gasteiger partial charge on any atom is -0.368 e. The SMILES string of the molecule is Cc1nc(NCCNC(=O)c2cccc(I)c2)cc(-n2cccc2)n1. The molecule has 2 N–H and O–H groups in total.